The van der Waals surface area contributed by atoms with E-state index in [4.69, 9.17) is 0 Å². The Labute approximate surface area is 125 Å². The number of hydrogen-bond donors (Lipinski definition) is 0. The molecule has 0 N–H and O–H groups in total. The first-order valence-corrected chi connectivity index (χ1v) is 2.81. The summed E-state index contributed by atoms with van der Waals surface area (Å²) in [5, 5.41) is 18.5. The molecule has 0 aromatic heterocycles. The number of rotatable bonds is 4. The summed E-state index contributed by atoms with van der Waals surface area (Å²) in [4.78, 5) is 36.9. The molecule has 0 bridgehead atoms. The number of carboxylic acid groups (broad SMARTS) is 2. The number of carboxylic acids is 2. The van der Waals surface area contributed by atoms with Crippen molar-refractivity contribution in [3.63, 3.8) is 0 Å². The van der Waals surface area contributed by atoms with E-state index in [-0.39, 0.29) is 71.7 Å². The van der Waals surface area contributed by atoms with Crippen LogP contribution in [0.4, 0.5) is 0 Å². The van der Waals surface area contributed by atoms with Crippen LogP contribution >= 0.6 is 0 Å². The van der Waals surface area contributed by atoms with Crippen molar-refractivity contribution in [1.29, 1.82) is 0 Å². The molecule has 0 unspecified atom stereocenters. The molecule has 8 heteroatoms. The van der Waals surface area contributed by atoms with Gasteiger partial charge in [-0.3, -0.25) is 0 Å². The van der Waals surface area contributed by atoms with Gasteiger partial charge in [0.1, 0.15) is 12.6 Å². The van der Waals surface area contributed by atoms with Gasteiger partial charge in [-0.2, -0.15) is 0 Å². The molecule has 0 saturated heterocycles. The predicted octanol–water partition coefficient (Wildman–Crippen LogP) is -9.34. The van der Waals surface area contributed by atoms with Crippen LogP contribution < -0.4 is 69.3 Å². The zero-order valence-corrected chi connectivity index (χ0v) is 12.0. The summed E-state index contributed by atoms with van der Waals surface area (Å²) in [5.74, 6) is -2.66. The summed E-state index contributed by atoms with van der Waals surface area (Å²) < 4.78 is 0. The van der Waals surface area contributed by atoms with E-state index in [1.54, 1.807) is 0 Å². The minimum atomic E-state index is -1.33. The Morgan fingerprint density at radius 2 is 1.07 bits per heavy atom. The van der Waals surface area contributed by atoms with E-state index < -0.39 is 24.8 Å². The van der Waals surface area contributed by atoms with Gasteiger partial charge in [0.05, 0.1) is 0 Å². The Kier molecular flexibility index (Phi) is 32.3. The van der Waals surface area contributed by atoms with Crippen LogP contribution in [0.25, 0.3) is 0 Å². The summed E-state index contributed by atoms with van der Waals surface area (Å²) in [7, 11) is 0. The van der Waals surface area contributed by atoms with Crippen LogP contribution in [0.5, 0.6) is 0 Å². The molecule has 0 rings (SSSR count). The maximum Gasteiger partial charge on any atom is 1.00 e. The van der Waals surface area contributed by atoms with Crippen molar-refractivity contribution in [2.75, 3.05) is 0 Å². The first-order valence-electron chi connectivity index (χ1n) is 2.81. The van der Waals surface area contributed by atoms with Crippen LogP contribution in [-0.2, 0) is 19.2 Å². The van der Waals surface area contributed by atoms with Crippen molar-refractivity contribution in [3.05, 3.63) is 0 Å². The summed E-state index contributed by atoms with van der Waals surface area (Å²) in [5.41, 5.74) is 0. The van der Waals surface area contributed by atoms with Crippen molar-refractivity contribution in [1.82, 2.24) is 0 Å². The number of aldehydes is 2. The second-order valence-electron chi connectivity index (χ2n) is 1.49. The first kappa shape index (κ1) is 23.8. The summed E-state index contributed by atoms with van der Waals surface area (Å²) in [6, 6.07) is 0. The minimum Gasteiger partial charge on any atom is -0.550 e. The van der Waals surface area contributed by atoms with E-state index in [2.05, 4.69) is 0 Å². The normalized spacial score (nSPS) is 6.29. The van der Waals surface area contributed by atoms with Gasteiger partial charge < -0.3 is 29.4 Å². The summed E-state index contributed by atoms with van der Waals surface area (Å²) >= 11 is 0. The maximum atomic E-state index is 9.26. The van der Waals surface area contributed by atoms with Crippen molar-refractivity contribution in [2.45, 2.75) is 12.8 Å². The molecule has 0 saturated carbocycles. The molecule has 14 heavy (non-hydrogen) atoms. The van der Waals surface area contributed by atoms with Crippen molar-refractivity contribution in [3.8, 4) is 0 Å². The van der Waals surface area contributed by atoms with E-state index in [1.165, 1.54) is 0 Å². The quantitative estimate of drug-likeness (QED) is 0.264. The first-order chi connectivity index (χ1) is 5.54. The number of carbonyl (C=O) groups excluding carboxylic acids is 4. The smallest absolute Gasteiger partial charge is 0.550 e. The molecular formula is C6H6Na2O6. The number of hydrogen-bond acceptors (Lipinski definition) is 6. The summed E-state index contributed by atoms with van der Waals surface area (Å²) in [6.07, 6.45) is -0.426. The summed E-state index contributed by atoms with van der Waals surface area (Å²) in [6.45, 7) is 0. The second kappa shape index (κ2) is 18.9. The van der Waals surface area contributed by atoms with Gasteiger partial charge in [0.2, 0.25) is 0 Å². The third-order valence-electron chi connectivity index (χ3n) is 0.500. The molecule has 0 atom stereocenters. The van der Waals surface area contributed by atoms with Gasteiger partial charge in [-0.15, -0.1) is 0 Å². The number of carbonyl (C=O) groups is 4. The average molecular weight is 220 g/mol. The Hall–Kier alpha value is 0.280. The Morgan fingerprint density at radius 1 is 0.857 bits per heavy atom. The SMILES string of the molecule is O=CCC(=O)[O-].O=CCC(=O)[O-].[Na+].[Na+]. The molecule has 0 fully saturated rings. The second-order valence-corrected chi connectivity index (χ2v) is 1.49. The minimum absolute atomic E-state index is 0. The van der Waals surface area contributed by atoms with E-state index >= 15 is 0 Å². The molecule has 0 aromatic rings. The van der Waals surface area contributed by atoms with Crippen LogP contribution in [0.1, 0.15) is 12.8 Å². The van der Waals surface area contributed by atoms with Crippen molar-refractivity contribution in [2.24, 2.45) is 0 Å². The molecule has 0 aliphatic heterocycles. The van der Waals surface area contributed by atoms with E-state index in [9.17, 15) is 29.4 Å². The Bertz CT molecular complexity index is 161. The molecule has 0 aliphatic carbocycles. The van der Waals surface area contributed by atoms with Gasteiger partial charge in [0, 0.05) is 24.8 Å². The fraction of sp³-hybridized carbons (Fsp3) is 0.333. The predicted molar refractivity (Wildman–Crippen MR) is 31.4 cm³/mol. The number of aliphatic carboxylic acids is 2. The topological polar surface area (TPSA) is 114 Å². The van der Waals surface area contributed by atoms with Crippen LogP contribution in [0.15, 0.2) is 0 Å². The van der Waals surface area contributed by atoms with Gasteiger partial charge in [-0.25, -0.2) is 0 Å². The molecule has 0 spiro atoms. The van der Waals surface area contributed by atoms with Gasteiger partial charge in [-0.05, 0) is 0 Å². The van der Waals surface area contributed by atoms with E-state index in [0.717, 1.165) is 0 Å². The van der Waals surface area contributed by atoms with Gasteiger partial charge in [0.25, 0.3) is 0 Å². The third kappa shape index (κ3) is 39.6. The zero-order chi connectivity index (χ0) is 9.98. The van der Waals surface area contributed by atoms with E-state index in [0.29, 0.717) is 0 Å². The Balaban J connectivity index is -0.0000000625. The van der Waals surface area contributed by atoms with Crippen LogP contribution in [0, 0.1) is 0 Å². The standard InChI is InChI=1S/2C3H4O3.2Na/c2*4-2-1-3(5)6;;/h2*2H,1H2,(H,5,6);;/q;;2*+1/p-2. The van der Waals surface area contributed by atoms with Crippen molar-refractivity contribution >= 4 is 24.5 Å². The van der Waals surface area contributed by atoms with E-state index in [1.807, 2.05) is 0 Å². The van der Waals surface area contributed by atoms with Gasteiger partial charge in [0.15, 0.2) is 0 Å². The van der Waals surface area contributed by atoms with Gasteiger partial charge in [-0.1, -0.05) is 0 Å². The molecular weight excluding hydrogens is 214 g/mol. The monoisotopic (exact) mass is 220 g/mol. The Morgan fingerprint density at radius 3 is 1.07 bits per heavy atom. The van der Waals surface area contributed by atoms with Crippen molar-refractivity contribution < 1.29 is 88.5 Å². The molecule has 68 valence electrons. The maximum absolute atomic E-state index is 9.26. The third-order valence-corrected chi connectivity index (χ3v) is 0.500. The molecule has 0 radical (unpaired) electrons. The van der Waals surface area contributed by atoms with Crippen LogP contribution in [0.3, 0.4) is 0 Å². The molecule has 0 aromatic carbocycles. The molecule has 0 aliphatic rings. The average Bonchev–Trinajstić information content (AvgIpc) is 1.87. The van der Waals surface area contributed by atoms with Gasteiger partial charge >= 0.3 is 59.1 Å². The van der Waals surface area contributed by atoms with Crippen LogP contribution in [-0.4, -0.2) is 24.5 Å². The molecule has 0 heterocycles. The van der Waals surface area contributed by atoms with Crippen LogP contribution in [0.2, 0.25) is 0 Å². The fourth-order valence-electron chi connectivity index (χ4n) is 0.136. The zero-order valence-electron chi connectivity index (χ0n) is 8.02. The fourth-order valence-corrected chi connectivity index (χ4v) is 0.136. The molecule has 0 amide bonds. The molecule has 6 nitrogen and oxygen atoms in total. The largest absolute Gasteiger partial charge is 1.00 e.